The molecule has 0 spiro atoms. The maximum absolute atomic E-state index is 12.2. The van der Waals surface area contributed by atoms with E-state index in [0.29, 0.717) is 13.2 Å². The van der Waals surface area contributed by atoms with Crippen molar-refractivity contribution < 1.29 is 9.53 Å². The predicted octanol–water partition coefficient (Wildman–Crippen LogP) is 3.79. The molecule has 1 aliphatic rings. The maximum atomic E-state index is 12.2. The lowest BCUT2D eigenvalue weighted by Crippen LogP contribution is -2.30. The maximum Gasteiger partial charge on any atom is 0.228 e. The van der Waals surface area contributed by atoms with Crippen LogP contribution < -0.4 is 5.32 Å². The second-order valence-electron chi connectivity index (χ2n) is 6.57. The normalized spacial score (nSPS) is 17.6. The van der Waals surface area contributed by atoms with Gasteiger partial charge in [0.25, 0.3) is 0 Å². The Bertz CT molecular complexity index is 687. The van der Waals surface area contributed by atoms with Crippen LogP contribution in [0.2, 0.25) is 0 Å². The Morgan fingerprint density at radius 2 is 2.12 bits per heavy atom. The number of benzene rings is 1. The van der Waals surface area contributed by atoms with Crippen LogP contribution in [0.5, 0.6) is 0 Å². The summed E-state index contributed by atoms with van der Waals surface area (Å²) >= 11 is 0. The molecule has 2 aromatic rings. The van der Waals surface area contributed by atoms with Crippen LogP contribution in [0.1, 0.15) is 55.0 Å². The number of rotatable bonds is 7. The number of carbonyl (C=O) groups is 1. The molecule has 1 N–H and O–H groups in total. The molecule has 0 fully saturated rings. The molecule has 132 valence electrons. The zero-order chi connectivity index (χ0) is 17.5. The number of aryl methyl sites for hydroxylation is 1. The van der Waals surface area contributed by atoms with Gasteiger partial charge in [-0.15, -0.1) is 0 Å². The minimum Gasteiger partial charge on any atom is -0.373 e. The van der Waals surface area contributed by atoms with E-state index < -0.39 is 0 Å². The van der Waals surface area contributed by atoms with Crippen molar-refractivity contribution in [1.29, 1.82) is 0 Å². The molecule has 0 radical (unpaired) electrons. The number of fused-ring (bicyclic) bond motifs is 1. The first-order valence-corrected chi connectivity index (χ1v) is 9.14. The van der Waals surface area contributed by atoms with E-state index in [1.54, 1.807) is 6.20 Å². The third-order valence-corrected chi connectivity index (χ3v) is 4.78. The van der Waals surface area contributed by atoms with Gasteiger partial charge in [0.1, 0.15) is 0 Å². The Balaban J connectivity index is 1.39. The van der Waals surface area contributed by atoms with Gasteiger partial charge < -0.3 is 10.1 Å². The minimum atomic E-state index is -0.229. The van der Waals surface area contributed by atoms with Crippen molar-refractivity contribution in [2.24, 2.45) is 0 Å². The van der Waals surface area contributed by atoms with E-state index in [0.717, 1.165) is 25.0 Å². The second kappa shape index (κ2) is 8.77. The van der Waals surface area contributed by atoms with Gasteiger partial charge in [-0.3, -0.25) is 9.78 Å². The molecule has 1 aromatic carbocycles. The molecule has 0 aliphatic heterocycles. The molecule has 4 heteroatoms. The molecule has 1 amide bonds. The summed E-state index contributed by atoms with van der Waals surface area (Å²) in [5.74, 6) is -0.214. The molecule has 2 atom stereocenters. The molecule has 0 saturated heterocycles. The number of carbonyl (C=O) groups excluding carboxylic acids is 1. The Morgan fingerprint density at radius 3 is 2.96 bits per heavy atom. The average Bonchev–Trinajstić information content (AvgIpc) is 2.67. The van der Waals surface area contributed by atoms with Gasteiger partial charge in [-0.1, -0.05) is 30.3 Å². The van der Waals surface area contributed by atoms with E-state index in [-0.39, 0.29) is 17.9 Å². The van der Waals surface area contributed by atoms with Crippen molar-refractivity contribution in [1.82, 2.24) is 10.3 Å². The summed E-state index contributed by atoms with van der Waals surface area (Å²) < 4.78 is 6.07. The zero-order valence-corrected chi connectivity index (χ0v) is 14.8. The quantitative estimate of drug-likeness (QED) is 0.782. The van der Waals surface area contributed by atoms with Crippen LogP contribution in [0.25, 0.3) is 0 Å². The highest BCUT2D eigenvalue weighted by atomic mass is 16.5. The highest BCUT2D eigenvalue weighted by molar-refractivity contribution is 5.82. The van der Waals surface area contributed by atoms with Crippen molar-refractivity contribution >= 4 is 5.91 Å². The lowest BCUT2D eigenvalue weighted by molar-refractivity contribution is -0.122. The standard InChI is InChI=1S/C21H26N2O2/c1-16(19-11-4-5-13-22-19)21(24)23-14-7-15-25-20-12-6-9-17-8-2-3-10-18(17)20/h2-5,8,10-11,13,16,20H,6-7,9,12,14-15H2,1H3,(H,23,24)/t16-,20-/m0/s1. The molecule has 1 aliphatic carbocycles. The first kappa shape index (κ1) is 17.6. The van der Waals surface area contributed by atoms with Crippen molar-refractivity contribution in [3.05, 3.63) is 65.5 Å². The Morgan fingerprint density at radius 1 is 1.28 bits per heavy atom. The Kier molecular flexibility index (Phi) is 6.18. The van der Waals surface area contributed by atoms with E-state index in [4.69, 9.17) is 4.74 Å². The zero-order valence-electron chi connectivity index (χ0n) is 14.8. The third kappa shape index (κ3) is 4.67. The number of nitrogens with zero attached hydrogens (tertiary/aromatic N) is 1. The van der Waals surface area contributed by atoms with Crippen molar-refractivity contribution in [3.8, 4) is 0 Å². The molecule has 0 bridgehead atoms. The van der Waals surface area contributed by atoms with Crippen LogP contribution in [0.3, 0.4) is 0 Å². The Hall–Kier alpha value is -2.20. The van der Waals surface area contributed by atoms with Crippen molar-refractivity contribution in [3.63, 3.8) is 0 Å². The highest BCUT2D eigenvalue weighted by Gasteiger charge is 2.20. The number of aromatic nitrogens is 1. The van der Waals surface area contributed by atoms with Gasteiger partial charge in [-0.2, -0.15) is 0 Å². The van der Waals surface area contributed by atoms with Gasteiger partial charge in [0.15, 0.2) is 0 Å². The first-order valence-electron chi connectivity index (χ1n) is 9.14. The molecular weight excluding hydrogens is 312 g/mol. The number of nitrogens with one attached hydrogen (secondary N) is 1. The summed E-state index contributed by atoms with van der Waals surface area (Å²) in [7, 11) is 0. The van der Waals surface area contributed by atoms with Crippen LogP contribution in [0.4, 0.5) is 0 Å². The molecule has 0 unspecified atom stereocenters. The monoisotopic (exact) mass is 338 g/mol. The van der Waals surface area contributed by atoms with Crippen LogP contribution >= 0.6 is 0 Å². The van der Waals surface area contributed by atoms with Crippen molar-refractivity contribution in [2.75, 3.05) is 13.2 Å². The Labute approximate surface area is 149 Å². The van der Waals surface area contributed by atoms with Crippen LogP contribution in [-0.4, -0.2) is 24.0 Å². The van der Waals surface area contributed by atoms with Gasteiger partial charge in [0.2, 0.25) is 5.91 Å². The minimum absolute atomic E-state index is 0.0155. The van der Waals surface area contributed by atoms with E-state index in [1.807, 2.05) is 25.1 Å². The molecule has 4 nitrogen and oxygen atoms in total. The summed E-state index contributed by atoms with van der Waals surface area (Å²) in [5.41, 5.74) is 3.55. The van der Waals surface area contributed by atoms with Gasteiger partial charge in [-0.25, -0.2) is 0 Å². The van der Waals surface area contributed by atoms with Crippen molar-refractivity contribution in [2.45, 2.75) is 44.6 Å². The summed E-state index contributed by atoms with van der Waals surface area (Å²) in [6, 6.07) is 14.2. The molecule has 3 rings (SSSR count). The van der Waals surface area contributed by atoms with Gasteiger partial charge in [-0.05, 0) is 55.9 Å². The number of hydrogen-bond acceptors (Lipinski definition) is 3. The summed E-state index contributed by atoms with van der Waals surface area (Å²) in [4.78, 5) is 16.4. The number of hydrogen-bond donors (Lipinski definition) is 1. The molecule has 1 aromatic heterocycles. The van der Waals surface area contributed by atoms with Crippen LogP contribution in [-0.2, 0) is 16.0 Å². The van der Waals surface area contributed by atoms with E-state index >= 15 is 0 Å². The number of ether oxygens (including phenoxy) is 1. The fourth-order valence-electron chi connectivity index (χ4n) is 3.31. The van der Waals surface area contributed by atoms with Gasteiger partial charge >= 0.3 is 0 Å². The number of amides is 1. The van der Waals surface area contributed by atoms with E-state index in [1.165, 1.54) is 17.5 Å². The summed E-state index contributed by atoms with van der Waals surface area (Å²) in [6.07, 6.45) is 6.15. The van der Waals surface area contributed by atoms with Gasteiger partial charge in [0.05, 0.1) is 17.7 Å². The lowest BCUT2D eigenvalue weighted by atomic mass is 9.89. The second-order valence-corrected chi connectivity index (χ2v) is 6.57. The van der Waals surface area contributed by atoms with Gasteiger partial charge in [0, 0.05) is 19.3 Å². The van der Waals surface area contributed by atoms with Crippen LogP contribution in [0.15, 0.2) is 48.7 Å². The van der Waals surface area contributed by atoms with Crippen LogP contribution in [0, 0.1) is 0 Å². The summed E-state index contributed by atoms with van der Waals surface area (Å²) in [5, 5.41) is 2.98. The van der Waals surface area contributed by atoms with E-state index in [2.05, 4.69) is 34.6 Å². The predicted molar refractivity (Wildman–Crippen MR) is 98.4 cm³/mol. The topological polar surface area (TPSA) is 51.2 Å². The first-order chi connectivity index (χ1) is 12.3. The molecule has 25 heavy (non-hydrogen) atoms. The largest absolute Gasteiger partial charge is 0.373 e. The van der Waals surface area contributed by atoms with E-state index in [9.17, 15) is 4.79 Å². The smallest absolute Gasteiger partial charge is 0.228 e. The fraction of sp³-hybridized carbons (Fsp3) is 0.429. The number of pyridine rings is 1. The summed E-state index contributed by atoms with van der Waals surface area (Å²) in [6.45, 7) is 3.18. The SMILES string of the molecule is C[C@H](C(=O)NCCCO[C@H]1CCCc2ccccc21)c1ccccn1. The molecule has 0 saturated carbocycles. The fourth-order valence-corrected chi connectivity index (χ4v) is 3.31. The highest BCUT2D eigenvalue weighted by Crippen LogP contribution is 2.32. The lowest BCUT2D eigenvalue weighted by Gasteiger charge is -2.25. The average molecular weight is 338 g/mol. The third-order valence-electron chi connectivity index (χ3n) is 4.78. The molecular formula is C21H26N2O2. The molecule has 1 heterocycles.